The Morgan fingerprint density at radius 1 is 0.588 bits per heavy atom. The van der Waals surface area contributed by atoms with Crippen LogP contribution in [-0.2, 0) is 0 Å². The van der Waals surface area contributed by atoms with Crippen LogP contribution in [0, 0.1) is 6.92 Å². The van der Waals surface area contributed by atoms with E-state index in [1.807, 2.05) is 6.08 Å². The maximum atomic E-state index is 3.86. The van der Waals surface area contributed by atoms with Crippen LogP contribution in [0.2, 0.25) is 0 Å². The third kappa shape index (κ3) is 15.5. The summed E-state index contributed by atoms with van der Waals surface area (Å²) >= 11 is 0. The summed E-state index contributed by atoms with van der Waals surface area (Å²) in [6, 6.07) is 0. The summed E-state index contributed by atoms with van der Waals surface area (Å²) in [5.41, 5.74) is 0. The van der Waals surface area contributed by atoms with E-state index in [2.05, 4.69) is 25.7 Å². The molecule has 0 amide bonds. The lowest BCUT2D eigenvalue weighted by Gasteiger charge is -1.98. The first kappa shape index (κ1) is 16.5. The monoisotopic (exact) mass is 235 g/mol. The highest BCUT2D eigenvalue weighted by atomic mass is 13.9. The van der Waals surface area contributed by atoms with Gasteiger partial charge >= 0.3 is 0 Å². The summed E-state index contributed by atoms with van der Waals surface area (Å²) in [5.74, 6) is 0. The fourth-order valence-corrected chi connectivity index (χ4v) is 1.93. The van der Waals surface area contributed by atoms with Crippen molar-refractivity contribution in [2.75, 3.05) is 0 Å². The molecule has 0 rings (SSSR count). The van der Waals surface area contributed by atoms with E-state index >= 15 is 0 Å². The Balaban J connectivity index is 3.01. The quantitative estimate of drug-likeness (QED) is 0.262. The number of rotatable bonds is 13. The molecule has 0 aliphatic carbocycles. The lowest BCUT2D eigenvalue weighted by Crippen LogP contribution is -1.78. The van der Waals surface area contributed by atoms with Gasteiger partial charge in [0.15, 0.2) is 0 Å². The summed E-state index contributed by atoms with van der Waals surface area (Å²) in [7, 11) is 0. The topological polar surface area (TPSA) is 0 Å². The standard InChI is InChI=1S/C17H31/c1-3-5-7-9-11-13-15-17-16-14-12-10-8-6-4-2/h3,14,16H,1-2,4-13,15,17H2/b16-14+. The molecular weight excluding hydrogens is 204 g/mol. The van der Waals surface area contributed by atoms with Gasteiger partial charge in [0, 0.05) is 0 Å². The van der Waals surface area contributed by atoms with Crippen molar-refractivity contribution in [3.63, 3.8) is 0 Å². The van der Waals surface area contributed by atoms with Crippen molar-refractivity contribution in [1.82, 2.24) is 0 Å². The fraction of sp³-hybridized carbons (Fsp3) is 0.706. The van der Waals surface area contributed by atoms with E-state index in [0.717, 1.165) is 6.42 Å². The first-order chi connectivity index (χ1) is 8.41. The number of hydrogen-bond acceptors (Lipinski definition) is 0. The second-order valence-electron chi connectivity index (χ2n) is 4.81. The van der Waals surface area contributed by atoms with Crippen molar-refractivity contribution in [3.05, 3.63) is 31.7 Å². The third-order valence-corrected chi connectivity index (χ3v) is 3.07. The smallest absolute Gasteiger partial charge is 0.0351 e. The van der Waals surface area contributed by atoms with E-state index in [-0.39, 0.29) is 0 Å². The molecule has 0 aliphatic rings. The summed E-state index contributed by atoms with van der Waals surface area (Å²) < 4.78 is 0. The molecule has 0 saturated heterocycles. The fourth-order valence-electron chi connectivity index (χ4n) is 1.93. The van der Waals surface area contributed by atoms with Gasteiger partial charge in [0.05, 0.1) is 0 Å². The molecule has 0 atom stereocenters. The first-order valence-electron chi connectivity index (χ1n) is 7.47. The Kier molecular flexibility index (Phi) is 15.0. The van der Waals surface area contributed by atoms with Gasteiger partial charge in [-0.25, -0.2) is 0 Å². The van der Waals surface area contributed by atoms with Crippen LogP contribution in [0.3, 0.4) is 0 Å². The van der Waals surface area contributed by atoms with Crippen molar-refractivity contribution in [2.24, 2.45) is 0 Å². The molecule has 0 fully saturated rings. The minimum atomic E-state index is 1.09. The van der Waals surface area contributed by atoms with Gasteiger partial charge in [0.2, 0.25) is 0 Å². The van der Waals surface area contributed by atoms with Gasteiger partial charge in [0.1, 0.15) is 0 Å². The number of unbranched alkanes of at least 4 members (excludes halogenated alkanes) is 10. The molecule has 0 heteroatoms. The zero-order valence-electron chi connectivity index (χ0n) is 11.6. The summed E-state index contributed by atoms with van der Waals surface area (Å²) in [6.07, 6.45) is 22.4. The summed E-state index contributed by atoms with van der Waals surface area (Å²) in [4.78, 5) is 0. The van der Waals surface area contributed by atoms with Crippen LogP contribution in [0.4, 0.5) is 0 Å². The van der Waals surface area contributed by atoms with E-state index in [9.17, 15) is 0 Å². The van der Waals surface area contributed by atoms with Crippen molar-refractivity contribution < 1.29 is 0 Å². The maximum absolute atomic E-state index is 3.86. The van der Waals surface area contributed by atoms with E-state index < -0.39 is 0 Å². The molecule has 0 unspecified atom stereocenters. The predicted octanol–water partition coefficient (Wildman–Crippen LogP) is 6.24. The highest BCUT2D eigenvalue weighted by Gasteiger charge is 1.88. The first-order valence-corrected chi connectivity index (χ1v) is 7.47. The summed E-state index contributed by atoms with van der Waals surface area (Å²) in [6.45, 7) is 7.60. The van der Waals surface area contributed by atoms with Crippen LogP contribution >= 0.6 is 0 Å². The van der Waals surface area contributed by atoms with Gasteiger partial charge in [-0.1, -0.05) is 63.7 Å². The number of allylic oxidation sites excluding steroid dienone is 3. The molecule has 17 heavy (non-hydrogen) atoms. The second kappa shape index (κ2) is 15.5. The zero-order chi connectivity index (χ0) is 12.6. The molecule has 1 radical (unpaired) electrons. The average molecular weight is 235 g/mol. The van der Waals surface area contributed by atoms with Crippen LogP contribution < -0.4 is 0 Å². The van der Waals surface area contributed by atoms with Gasteiger partial charge in [-0.05, 0) is 38.5 Å². The number of hydrogen-bond donors (Lipinski definition) is 0. The molecule has 0 N–H and O–H groups in total. The molecule has 0 heterocycles. The molecular formula is C17H31. The molecule has 0 aromatic carbocycles. The van der Waals surface area contributed by atoms with E-state index in [1.165, 1.54) is 70.6 Å². The van der Waals surface area contributed by atoms with E-state index in [1.54, 1.807) is 0 Å². The van der Waals surface area contributed by atoms with Crippen LogP contribution in [-0.4, -0.2) is 0 Å². The van der Waals surface area contributed by atoms with Gasteiger partial charge in [-0.3, -0.25) is 0 Å². The molecule has 0 spiro atoms. The SMILES string of the molecule is [CH2]CCCCC/C=C/CCCCCCCC=C. The Labute approximate surface area is 109 Å². The second-order valence-corrected chi connectivity index (χ2v) is 4.81. The highest BCUT2D eigenvalue weighted by molar-refractivity contribution is 4.81. The van der Waals surface area contributed by atoms with E-state index in [0.29, 0.717) is 0 Å². The molecule has 0 saturated carbocycles. The van der Waals surface area contributed by atoms with Crippen LogP contribution in [0.25, 0.3) is 0 Å². The van der Waals surface area contributed by atoms with Crippen LogP contribution in [0.1, 0.15) is 77.0 Å². The lowest BCUT2D eigenvalue weighted by molar-refractivity contribution is 0.621. The molecule has 99 valence electrons. The maximum Gasteiger partial charge on any atom is -0.0351 e. The largest absolute Gasteiger partial charge is 0.103 e. The average Bonchev–Trinajstić information content (AvgIpc) is 2.35. The lowest BCUT2D eigenvalue weighted by atomic mass is 10.1. The zero-order valence-corrected chi connectivity index (χ0v) is 11.6. The third-order valence-electron chi connectivity index (χ3n) is 3.07. The van der Waals surface area contributed by atoms with Crippen LogP contribution in [0.15, 0.2) is 24.8 Å². The minimum absolute atomic E-state index is 1.09. The van der Waals surface area contributed by atoms with Crippen molar-refractivity contribution in [3.8, 4) is 0 Å². The molecule has 0 nitrogen and oxygen atoms in total. The minimum Gasteiger partial charge on any atom is -0.103 e. The van der Waals surface area contributed by atoms with Crippen molar-refractivity contribution in [2.45, 2.75) is 77.0 Å². The molecule has 0 aromatic rings. The highest BCUT2D eigenvalue weighted by Crippen LogP contribution is 2.08. The normalized spacial score (nSPS) is 11.1. The molecule has 0 aromatic heterocycles. The Morgan fingerprint density at radius 3 is 1.59 bits per heavy atom. The van der Waals surface area contributed by atoms with Crippen molar-refractivity contribution in [1.29, 1.82) is 0 Å². The Hall–Kier alpha value is -0.520. The Bertz CT molecular complexity index is 167. The van der Waals surface area contributed by atoms with Gasteiger partial charge < -0.3 is 0 Å². The predicted molar refractivity (Wildman–Crippen MR) is 80.1 cm³/mol. The Morgan fingerprint density at radius 2 is 1.06 bits per heavy atom. The molecule has 0 bridgehead atoms. The van der Waals surface area contributed by atoms with Crippen LogP contribution in [0.5, 0.6) is 0 Å². The van der Waals surface area contributed by atoms with E-state index in [4.69, 9.17) is 0 Å². The van der Waals surface area contributed by atoms with Crippen molar-refractivity contribution >= 4 is 0 Å². The van der Waals surface area contributed by atoms with Gasteiger partial charge in [-0.2, -0.15) is 0 Å². The van der Waals surface area contributed by atoms with Gasteiger partial charge in [0.25, 0.3) is 0 Å². The van der Waals surface area contributed by atoms with Gasteiger partial charge in [-0.15, -0.1) is 6.58 Å². The summed E-state index contributed by atoms with van der Waals surface area (Å²) in [5, 5.41) is 0. The molecule has 0 aliphatic heterocycles.